The molecule has 0 saturated carbocycles. The highest BCUT2D eigenvalue weighted by atomic mass is 32.2. The molecule has 6 rings (SSSR count). The lowest BCUT2D eigenvalue weighted by molar-refractivity contribution is 0.0975. The zero-order valence-electron chi connectivity index (χ0n) is 17.4. The lowest BCUT2D eigenvalue weighted by Gasteiger charge is -2.39. The summed E-state index contributed by atoms with van der Waals surface area (Å²) in [7, 11) is 0. The number of hydrogen-bond donors (Lipinski definition) is 0. The van der Waals surface area contributed by atoms with Crippen LogP contribution < -0.4 is 4.90 Å². The van der Waals surface area contributed by atoms with E-state index in [1.807, 2.05) is 24.8 Å². The van der Waals surface area contributed by atoms with Gasteiger partial charge in [-0.1, -0.05) is 11.8 Å². The number of aryl methyl sites for hydroxylation is 1. The molecular weight excluding hydrogens is 394 g/mol. The smallest absolute Gasteiger partial charge is 0.211 e. The van der Waals surface area contributed by atoms with Crippen LogP contribution in [0, 0.1) is 5.41 Å². The highest BCUT2D eigenvalue weighted by Crippen LogP contribution is 2.43. The van der Waals surface area contributed by atoms with E-state index in [0.29, 0.717) is 11.5 Å². The topological polar surface area (TPSA) is 55.6 Å². The summed E-state index contributed by atoms with van der Waals surface area (Å²) in [5.41, 5.74) is 4.04. The molecule has 0 radical (unpaired) electrons. The molecule has 0 bridgehead atoms. The molecule has 1 spiro atoms. The fourth-order valence-corrected chi connectivity index (χ4v) is 6.47. The Morgan fingerprint density at radius 3 is 2.83 bits per heavy atom. The van der Waals surface area contributed by atoms with Gasteiger partial charge >= 0.3 is 0 Å². The van der Waals surface area contributed by atoms with Crippen LogP contribution in [0.4, 0.5) is 5.95 Å². The Labute approximate surface area is 181 Å². The molecular formula is C23H27N5OS. The van der Waals surface area contributed by atoms with E-state index < -0.39 is 0 Å². The Kier molecular flexibility index (Phi) is 4.49. The average Bonchev–Trinajstić information content (AvgIpc) is 3.50. The van der Waals surface area contributed by atoms with E-state index in [1.165, 1.54) is 41.8 Å². The van der Waals surface area contributed by atoms with Gasteiger partial charge in [-0.15, -0.1) is 0 Å². The normalized spacial score (nSPS) is 22.8. The molecule has 0 unspecified atom stereocenters. The van der Waals surface area contributed by atoms with Crippen LogP contribution in [0.5, 0.6) is 0 Å². The summed E-state index contributed by atoms with van der Waals surface area (Å²) in [5.74, 6) is 1.01. The number of piperidine rings is 1. The number of imidazole rings is 1. The van der Waals surface area contributed by atoms with Gasteiger partial charge in [0.2, 0.25) is 5.95 Å². The van der Waals surface area contributed by atoms with Gasteiger partial charge in [-0.05, 0) is 62.5 Å². The Morgan fingerprint density at radius 2 is 2.00 bits per heavy atom. The van der Waals surface area contributed by atoms with Crippen molar-refractivity contribution in [3.8, 4) is 0 Å². The molecule has 1 atom stereocenters. The van der Waals surface area contributed by atoms with Gasteiger partial charge in [0.05, 0.1) is 17.6 Å². The second-order valence-electron chi connectivity index (χ2n) is 9.05. The molecule has 2 saturated heterocycles. The first-order chi connectivity index (χ1) is 14.7. The van der Waals surface area contributed by atoms with E-state index in [9.17, 15) is 0 Å². The van der Waals surface area contributed by atoms with E-state index in [1.54, 1.807) is 11.8 Å². The maximum atomic E-state index is 5.89. The molecule has 6 nitrogen and oxygen atoms in total. The molecule has 7 heteroatoms. The van der Waals surface area contributed by atoms with Gasteiger partial charge in [0, 0.05) is 48.5 Å². The lowest BCUT2D eigenvalue weighted by atomic mass is 9.77. The predicted molar refractivity (Wildman–Crippen MR) is 117 cm³/mol. The molecule has 156 valence electrons. The molecule has 0 amide bonds. The van der Waals surface area contributed by atoms with Gasteiger partial charge in [-0.3, -0.25) is 9.38 Å². The van der Waals surface area contributed by atoms with Crippen molar-refractivity contribution in [2.45, 2.75) is 61.3 Å². The molecule has 0 aromatic carbocycles. The molecule has 1 aliphatic carbocycles. The largest absolute Gasteiger partial charge is 0.378 e. The maximum absolute atomic E-state index is 5.89. The average molecular weight is 422 g/mol. The maximum Gasteiger partial charge on any atom is 0.211 e. The number of aromatic nitrogens is 4. The Hall–Kier alpha value is -2.12. The fourth-order valence-electron chi connectivity index (χ4n) is 5.41. The minimum absolute atomic E-state index is 0.376. The molecule has 30 heavy (non-hydrogen) atoms. The van der Waals surface area contributed by atoms with Crippen LogP contribution in [-0.4, -0.2) is 45.2 Å². The van der Waals surface area contributed by atoms with Crippen LogP contribution >= 0.6 is 11.8 Å². The summed E-state index contributed by atoms with van der Waals surface area (Å²) in [5, 5.41) is 0. The monoisotopic (exact) mass is 421 g/mol. The number of fused-ring (bicyclic) bond motifs is 2. The number of anilines is 1. The van der Waals surface area contributed by atoms with E-state index in [4.69, 9.17) is 9.72 Å². The molecule has 3 aliphatic rings. The van der Waals surface area contributed by atoms with Gasteiger partial charge < -0.3 is 9.64 Å². The number of rotatable bonds is 3. The van der Waals surface area contributed by atoms with Crippen LogP contribution in [0.25, 0.3) is 5.65 Å². The van der Waals surface area contributed by atoms with Crippen molar-refractivity contribution >= 4 is 23.4 Å². The highest BCUT2D eigenvalue weighted by Gasteiger charge is 2.41. The molecule has 2 aliphatic heterocycles. The number of ether oxygens (including phenoxy) is 1. The Balaban J connectivity index is 1.27. The molecule has 2 fully saturated rings. The third kappa shape index (κ3) is 3.10. The Bertz CT molecular complexity index is 1090. The first-order valence-electron chi connectivity index (χ1n) is 11.0. The van der Waals surface area contributed by atoms with Crippen LogP contribution in [0.1, 0.15) is 43.9 Å². The summed E-state index contributed by atoms with van der Waals surface area (Å²) in [6, 6.07) is 2.14. The summed E-state index contributed by atoms with van der Waals surface area (Å²) in [6.07, 6.45) is 15.3. The van der Waals surface area contributed by atoms with Crippen molar-refractivity contribution in [1.29, 1.82) is 0 Å². The summed E-state index contributed by atoms with van der Waals surface area (Å²) < 4.78 is 8.05. The SMILES string of the molecule is C[C@H]1CC2(CCN(c3ncc(Sc4ccnc5c4CCC5)c4nccn34)CC2)CO1. The third-order valence-electron chi connectivity index (χ3n) is 7.04. The highest BCUT2D eigenvalue weighted by molar-refractivity contribution is 7.99. The first kappa shape index (κ1) is 18.6. The van der Waals surface area contributed by atoms with E-state index >= 15 is 0 Å². The molecule has 3 aromatic rings. The summed E-state index contributed by atoms with van der Waals surface area (Å²) >= 11 is 1.78. The van der Waals surface area contributed by atoms with E-state index in [0.717, 1.165) is 49.0 Å². The number of hydrogen-bond acceptors (Lipinski definition) is 6. The van der Waals surface area contributed by atoms with Gasteiger partial charge in [0.25, 0.3) is 0 Å². The minimum atomic E-state index is 0.376. The summed E-state index contributed by atoms with van der Waals surface area (Å²) in [4.78, 5) is 19.0. The predicted octanol–water partition coefficient (Wildman–Crippen LogP) is 4.16. The van der Waals surface area contributed by atoms with Crippen molar-refractivity contribution in [2.24, 2.45) is 5.41 Å². The molecule has 3 aromatic heterocycles. The lowest BCUT2D eigenvalue weighted by Crippen LogP contribution is -2.41. The van der Waals surface area contributed by atoms with Crippen LogP contribution in [0.15, 0.2) is 40.6 Å². The molecule has 0 N–H and O–H groups in total. The fraction of sp³-hybridized carbons (Fsp3) is 0.522. The van der Waals surface area contributed by atoms with Crippen molar-refractivity contribution in [3.63, 3.8) is 0 Å². The van der Waals surface area contributed by atoms with Gasteiger partial charge in [-0.2, -0.15) is 0 Å². The summed E-state index contributed by atoms with van der Waals surface area (Å²) in [6.45, 7) is 5.18. The second-order valence-corrected chi connectivity index (χ2v) is 10.1. The van der Waals surface area contributed by atoms with Crippen molar-refractivity contribution < 1.29 is 4.74 Å². The van der Waals surface area contributed by atoms with Crippen molar-refractivity contribution in [1.82, 2.24) is 19.4 Å². The van der Waals surface area contributed by atoms with Crippen LogP contribution in [-0.2, 0) is 17.6 Å². The van der Waals surface area contributed by atoms with E-state index in [-0.39, 0.29) is 0 Å². The zero-order valence-corrected chi connectivity index (χ0v) is 18.2. The van der Waals surface area contributed by atoms with E-state index in [2.05, 4.69) is 32.3 Å². The Morgan fingerprint density at radius 1 is 1.10 bits per heavy atom. The minimum Gasteiger partial charge on any atom is -0.378 e. The van der Waals surface area contributed by atoms with Gasteiger partial charge in [-0.25, -0.2) is 9.97 Å². The number of nitrogens with zero attached hydrogens (tertiary/aromatic N) is 5. The first-order valence-corrected chi connectivity index (χ1v) is 11.9. The molecule has 5 heterocycles. The third-order valence-corrected chi connectivity index (χ3v) is 8.15. The van der Waals surface area contributed by atoms with Crippen molar-refractivity contribution in [3.05, 3.63) is 42.1 Å². The van der Waals surface area contributed by atoms with Gasteiger partial charge in [0.15, 0.2) is 5.65 Å². The zero-order chi connectivity index (χ0) is 20.1. The van der Waals surface area contributed by atoms with Crippen molar-refractivity contribution in [2.75, 3.05) is 24.6 Å². The van der Waals surface area contributed by atoms with Crippen LogP contribution in [0.2, 0.25) is 0 Å². The number of pyridine rings is 1. The van der Waals surface area contributed by atoms with Crippen LogP contribution in [0.3, 0.4) is 0 Å². The second kappa shape index (κ2) is 7.24. The standard InChI is InChI=1S/C23H27N5OS/c1-16-13-23(15-29-16)6-10-27(11-7-23)22-26-14-20(21-25-9-12-28(21)22)30-19-5-8-24-18-4-2-3-17(18)19/h5,8-9,12,14,16H,2-4,6-7,10-11,13,15H2,1H3/t16-/m0/s1. The van der Waals surface area contributed by atoms with Gasteiger partial charge in [0.1, 0.15) is 0 Å². The quantitative estimate of drug-likeness (QED) is 0.633.